The highest BCUT2D eigenvalue weighted by molar-refractivity contribution is 6.38. The summed E-state index contributed by atoms with van der Waals surface area (Å²) in [5.41, 5.74) is 0.522. The lowest BCUT2D eigenvalue weighted by Gasteiger charge is -2.10. The van der Waals surface area contributed by atoms with E-state index in [0.717, 1.165) is 31.5 Å². The molecule has 5 nitrogen and oxygen atoms in total. The largest absolute Gasteiger partial charge is 0.416 e. The Labute approximate surface area is 158 Å². The molecule has 3 rings (SSSR count). The van der Waals surface area contributed by atoms with E-state index in [1.54, 1.807) is 6.33 Å². The maximum Gasteiger partial charge on any atom is 0.416 e. The van der Waals surface area contributed by atoms with Crippen LogP contribution in [0.4, 0.5) is 18.9 Å². The number of aromatic nitrogens is 3. The number of pyridine rings is 1. The van der Waals surface area contributed by atoms with E-state index >= 15 is 0 Å². The Morgan fingerprint density at radius 1 is 1.22 bits per heavy atom. The number of nitrogens with zero attached hydrogens (tertiary/aromatic N) is 3. The molecule has 27 heavy (non-hydrogen) atoms. The first kappa shape index (κ1) is 19.2. The van der Waals surface area contributed by atoms with E-state index in [0.29, 0.717) is 11.2 Å². The van der Waals surface area contributed by atoms with Crippen molar-refractivity contribution in [2.24, 2.45) is 0 Å². The summed E-state index contributed by atoms with van der Waals surface area (Å²) in [6.07, 6.45) is 0.504. The Bertz CT molecular complexity index is 967. The molecule has 0 saturated heterocycles. The quantitative estimate of drug-likeness (QED) is 0.648. The van der Waals surface area contributed by atoms with Crippen molar-refractivity contribution >= 4 is 34.4 Å². The number of halogens is 4. The maximum atomic E-state index is 12.6. The number of fused-ring (bicyclic) bond motifs is 1. The fraction of sp³-hybridized carbons (Fsp3) is 0.278. The second kappa shape index (κ2) is 7.56. The van der Waals surface area contributed by atoms with E-state index in [9.17, 15) is 18.0 Å². The lowest BCUT2D eigenvalue weighted by molar-refractivity contribution is -0.137. The predicted molar refractivity (Wildman–Crippen MR) is 96.8 cm³/mol. The average Bonchev–Trinajstić information content (AvgIpc) is 3.04. The molecule has 1 aromatic carbocycles. The fourth-order valence-corrected chi connectivity index (χ4v) is 2.84. The summed E-state index contributed by atoms with van der Waals surface area (Å²) in [6.45, 7) is 2.82. The van der Waals surface area contributed by atoms with Crippen LogP contribution in [0, 0.1) is 0 Å². The SMILES string of the molecule is CCCCn1cnc2c(Cl)c(C(=O)Nc3ccc(C(F)(F)F)cc3)cnc21. The number of hydrogen-bond acceptors (Lipinski definition) is 3. The summed E-state index contributed by atoms with van der Waals surface area (Å²) in [5, 5.41) is 2.67. The third kappa shape index (κ3) is 4.05. The van der Waals surface area contributed by atoms with Gasteiger partial charge in [0.15, 0.2) is 5.65 Å². The van der Waals surface area contributed by atoms with Crippen LogP contribution in [0.5, 0.6) is 0 Å². The lowest BCUT2D eigenvalue weighted by atomic mass is 10.2. The number of unbranched alkanes of at least 4 members (excludes halogenated alkanes) is 1. The van der Waals surface area contributed by atoms with E-state index in [-0.39, 0.29) is 16.3 Å². The molecule has 0 bridgehead atoms. The maximum absolute atomic E-state index is 12.6. The van der Waals surface area contributed by atoms with Crippen molar-refractivity contribution < 1.29 is 18.0 Å². The highest BCUT2D eigenvalue weighted by Crippen LogP contribution is 2.30. The third-order valence-corrected chi connectivity index (χ3v) is 4.42. The summed E-state index contributed by atoms with van der Waals surface area (Å²) in [5.74, 6) is -0.572. The van der Waals surface area contributed by atoms with Crippen molar-refractivity contribution in [1.29, 1.82) is 0 Å². The van der Waals surface area contributed by atoms with Crippen molar-refractivity contribution in [2.45, 2.75) is 32.5 Å². The number of imidazole rings is 1. The van der Waals surface area contributed by atoms with Gasteiger partial charge in [0.05, 0.1) is 22.5 Å². The van der Waals surface area contributed by atoms with Crippen LogP contribution in [0.3, 0.4) is 0 Å². The zero-order valence-electron chi connectivity index (χ0n) is 14.3. The molecule has 1 N–H and O–H groups in total. The van der Waals surface area contributed by atoms with Crippen LogP contribution in [0.2, 0.25) is 5.02 Å². The van der Waals surface area contributed by atoms with E-state index in [2.05, 4.69) is 22.2 Å². The summed E-state index contributed by atoms with van der Waals surface area (Å²) in [7, 11) is 0. The van der Waals surface area contributed by atoms with Crippen LogP contribution >= 0.6 is 11.6 Å². The number of rotatable bonds is 5. The van der Waals surface area contributed by atoms with Crippen molar-refractivity contribution in [1.82, 2.24) is 14.5 Å². The Kier molecular flexibility index (Phi) is 5.36. The molecule has 3 aromatic rings. The van der Waals surface area contributed by atoms with E-state index in [4.69, 9.17) is 11.6 Å². The minimum atomic E-state index is -4.43. The normalized spacial score (nSPS) is 11.7. The number of carbonyl (C=O) groups is 1. The summed E-state index contributed by atoms with van der Waals surface area (Å²) >= 11 is 6.31. The molecule has 0 unspecified atom stereocenters. The zero-order chi connectivity index (χ0) is 19.6. The number of aryl methyl sites for hydroxylation is 1. The predicted octanol–water partition coefficient (Wildman–Crippen LogP) is 5.16. The second-order valence-corrected chi connectivity index (χ2v) is 6.36. The zero-order valence-corrected chi connectivity index (χ0v) is 15.1. The number of benzene rings is 1. The van der Waals surface area contributed by atoms with Crippen molar-refractivity contribution in [3.05, 3.63) is 52.9 Å². The summed E-state index contributed by atoms with van der Waals surface area (Å²) in [6, 6.07) is 4.16. The van der Waals surface area contributed by atoms with Crippen molar-refractivity contribution in [2.75, 3.05) is 5.32 Å². The van der Waals surface area contributed by atoms with Crippen LogP contribution in [0.25, 0.3) is 11.2 Å². The molecule has 2 aromatic heterocycles. The van der Waals surface area contributed by atoms with E-state index in [1.807, 2.05) is 4.57 Å². The van der Waals surface area contributed by atoms with Gasteiger partial charge in [0, 0.05) is 18.4 Å². The van der Waals surface area contributed by atoms with Gasteiger partial charge in [0.1, 0.15) is 5.52 Å². The summed E-state index contributed by atoms with van der Waals surface area (Å²) in [4.78, 5) is 20.9. The second-order valence-electron chi connectivity index (χ2n) is 5.98. The number of alkyl halides is 3. The van der Waals surface area contributed by atoms with Gasteiger partial charge >= 0.3 is 6.18 Å². The van der Waals surface area contributed by atoms with Crippen LogP contribution in [0.1, 0.15) is 35.7 Å². The standard InChI is InChI=1S/C18H16ClF3N4O/c1-2-3-8-26-10-24-15-14(19)13(9-23-16(15)26)17(27)25-12-6-4-11(5-7-12)18(20,21)22/h4-7,9-10H,2-3,8H2,1H3,(H,25,27). The number of anilines is 1. The third-order valence-electron chi connectivity index (χ3n) is 4.04. The molecule has 0 aliphatic heterocycles. The van der Waals surface area contributed by atoms with Gasteiger partial charge in [-0.1, -0.05) is 24.9 Å². The van der Waals surface area contributed by atoms with Gasteiger partial charge in [-0.05, 0) is 30.7 Å². The number of nitrogens with one attached hydrogen (secondary N) is 1. The van der Waals surface area contributed by atoms with Gasteiger partial charge in [-0.2, -0.15) is 13.2 Å². The minimum absolute atomic E-state index is 0.102. The highest BCUT2D eigenvalue weighted by atomic mass is 35.5. The van der Waals surface area contributed by atoms with Gasteiger partial charge < -0.3 is 9.88 Å². The smallest absolute Gasteiger partial charge is 0.322 e. The molecule has 0 aliphatic carbocycles. The molecule has 1 amide bonds. The van der Waals surface area contributed by atoms with Crippen molar-refractivity contribution in [3.8, 4) is 0 Å². The Morgan fingerprint density at radius 3 is 2.56 bits per heavy atom. The fourth-order valence-electron chi connectivity index (χ4n) is 2.57. The molecule has 0 saturated carbocycles. The molecule has 0 aliphatic rings. The lowest BCUT2D eigenvalue weighted by Crippen LogP contribution is -2.13. The first-order chi connectivity index (χ1) is 12.8. The average molecular weight is 397 g/mol. The first-order valence-corrected chi connectivity index (χ1v) is 8.67. The van der Waals surface area contributed by atoms with E-state index < -0.39 is 17.6 Å². The Hall–Kier alpha value is -2.61. The molecule has 0 radical (unpaired) electrons. The van der Waals surface area contributed by atoms with E-state index in [1.165, 1.54) is 18.3 Å². The molecule has 142 valence electrons. The van der Waals surface area contributed by atoms with Gasteiger partial charge in [0.2, 0.25) is 0 Å². The number of hydrogen-bond donors (Lipinski definition) is 1. The van der Waals surface area contributed by atoms with Crippen LogP contribution in [0.15, 0.2) is 36.8 Å². The Morgan fingerprint density at radius 2 is 1.93 bits per heavy atom. The van der Waals surface area contributed by atoms with Gasteiger partial charge in [0.25, 0.3) is 5.91 Å². The van der Waals surface area contributed by atoms with Gasteiger partial charge in [-0.15, -0.1) is 0 Å². The molecule has 2 heterocycles. The highest BCUT2D eigenvalue weighted by Gasteiger charge is 2.30. The van der Waals surface area contributed by atoms with Crippen molar-refractivity contribution in [3.63, 3.8) is 0 Å². The first-order valence-electron chi connectivity index (χ1n) is 8.29. The van der Waals surface area contributed by atoms with Gasteiger partial charge in [-0.3, -0.25) is 4.79 Å². The number of carbonyl (C=O) groups excluding carboxylic acids is 1. The Balaban J connectivity index is 1.82. The molecular weight excluding hydrogens is 381 g/mol. The minimum Gasteiger partial charge on any atom is -0.322 e. The summed E-state index contributed by atoms with van der Waals surface area (Å²) < 4.78 is 39.7. The molecule has 9 heteroatoms. The van der Waals surface area contributed by atoms with Crippen LogP contribution < -0.4 is 5.32 Å². The molecule has 0 spiro atoms. The van der Waals surface area contributed by atoms with Gasteiger partial charge in [-0.25, -0.2) is 9.97 Å². The topological polar surface area (TPSA) is 59.8 Å². The van der Waals surface area contributed by atoms with Crippen LogP contribution in [-0.2, 0) is 12.7 Å². The monoisotopic (exact) mass is 396 g/mol. The van der Waals surface area contributed by atoms with Crippen LogP contribution in [-0.4, -0.2) is 20.4 Å². The molecular formula is C18H16ClF3N4O. The number of amides is 1. The molecule has 0 fully saturated rings. The molecule has 0 atom stereocenters.